The minimum absolute atomic E-state index is 0.00489. The molecule has 6 aliphatic heterocycles. The molecule has 7 fully saturated rings. The summed E-state index contributed by atoms with van der Waals surface area (Å²) in [5.74, 6) is -1.30. The number of halogens is 6. The van der Waals surface area contributed by atoms with E-state index >= 15 is 8.78 Å². The van der Waals surface area contributed by atoms with Gasteiger partial charge in [-0.15, -0.1) is 0 Å². The van der Waals surface area contributed by atoms with Crippen molar-refractivity contribution in [3.05, 3.63) is 220 Å². The molecule has 2 aliphatic carbocycles. The van der Waals surface area contributed by atoms with Crippen molar-refractivity contribution < 1.29 is 80.4 Å². The third kappa shape index (κ3) is 12.5. The fourth-order valence-corrected chi connectivity index (χ4v) is 20.9. The number of ether oxygens (including phenoxy) is 5. The Morgan fingerprint density at radius 2 is 0.837 bits per heavy atom. The third-order valence-electron chi connectivity index (χ3n) is 21.2. The molecule has 6 aromatic rings. The van der Waals surface area contributed by atoms with Gasteiger partial charge in [0, 0.05) is 28.1 Å². The van der Waals surface area contributed by atoms with Crippen LogP contribution < -0.4 is 25.8 Å². The number of aromatic hydroxyl groups is 1. The van der Waals surface area contributed by atoms with E-state index in [0.717, 1.165) is 31.7 Å². The number of nitrogens with one attached hydrogen (secondary N) is 2. The number of sulfone groups is 3. The van der Waals surface area contributed by atoms with Gasteiger partial charge in [0.2, 0.25) is 0 Å². The van der Waals surface area contributed by atoms with Crippen LogP contribution in [0.1, 0.15) is 138 Å². The summed E-state index contributed by atoms with van der Waals surface area (Å²) in [6.07, 6.45) is 2.80. The highest BCUT2D eigenvalue weighted by molar-refractivity contribution is 7.94. The summed E-state index contributed by atoms with van der Waals surface area (Å²) < 4.78 is 195. The Morgan fingerprint density at radius 1 is 0.490 bits per heavy atom. The summed E-state index contributed by atoms with van der Waals surface area (Å²) in [5, 5.41) is 13.2. The predicted octanol–water partition coefficient (Wildman–Crippen LogP) is 12.5. The van der Waals surface area contributed by atoms with Crippen LogP contribution in [0.4, 0.5) is 26.3 Å². The van der Waals surface area contributed by atoms with Crippen LogP contribution in [-0.4, -0.2) is 99.2 Å². The maximum atomic E-state index is 15.3. The Hall–Kier alpha value is -7.42. The van der Waals surface area contributed by atoms with Crippen molar-refractivity contribution in [2.75, 3.05) is 33.0 Å². The van der Waals surface area contributed by atoms with Crippen LogP contribution in [0.25, 0.3) is 0 Å². The number of phenols is 1. The first-order valence-corrected chi connectivity index (χ1v) is 37.2. The van der Waals surface area contributed by atoms with Gasteiger partial charge in [-0.25, -0.2) is 51.6 Å². The summed E-state index contributed by atoms with van der Waals surface area (Å²) in [5.41, 5.74) is 4.57. The van der Waals surface area contributed by atoms with E-state index in [0.29, 0.717) is 53.2 Å². The molecule has 0 bridgehead atoms. The minimum atomic E-state index is -3.93. The summed E-state index contributed by atoms with van der Waals surface area (Å²) in [4.78, 5) is 4.64. The van der Waals surface area contributed by atoms with Crippen LogP contribution in [0.15, 0.2) is 157 Å². The van der Waals surface area contributed by atoms with Crippen LogP contribution >= 0.6 is 0 Å². The van der Waals surface area contributed by atoms with Gasteiger partial charge in [-0.1, -0.05) is 49.6 Å². The molecule has 8 aliphatic rings. The zero-order valence-corrected chi connectivity index (χ0v) is 57.5. The highest BCUT2D eigenvalue weighted by Gasteiger charge is 2.65. The monoisotopic (exact) mass is 1410 g/mol. The van der Waals surface area contributed by atoms with Gasteiger partial charge < -0.3 is 45.2 Å². The first-order valence-electron chi connectivity index (χ1n) is 32.5. The van der Waals surface area contributed by atoms with Crippen LogP contribution in [0.5, 0.6) is 17.2 Å². The molecule has 5 N–H and O–H groups in total. The van der Waals surface area contributed by atoms with Gasteiger partial charge in [0.1, 0.15) is 88.8 Å². The third-order valence-corrected chi connectivity index (χ3v) is 30.2. The molecular formula is C73H80F6N4O12S3. The van der Waals surface area contributed by atoms with Gasteiger partial charge in [-0.05, 0) is 206 Å². The largest absolute Gasteiger partial charge is 0.508 e. The number of hydrogen-bond donors (Lipinski definition) is 4. The molecule has 0 spiro atoms. The van der Waals surface area contributed by atoms with Crippen molar-refractivity contribution in [2.24, 2.45) is 22.6 Å². The molecule has 0 aromatic heterocycles. The summed E-state index contributed by atoms with van der Waals surface area (Å²) in [6, 6.07) is 29.5. The molecule has 0 unspecified atom stereocenters. The molecule has 5 saturated heterocycles. The van der Waals surface area contributed by atoms with Crippen LogP contribution in [0.2, 0.25) is 0 Å². The zero-order chi connectivity index (χ0) is 70.5. The molecule has 14 rings (SSSR count). The van der Waals surface area contributed by atoms with Crippen molar-refractivity contribution in [1.82, 2.24) is 10.6 Å². The van der Waals surface area contributed by atoms with E-state index in [4.69, 9.17) is 29.4 Å². The number of hydrogen-bond acceptors (Lipinski definition) is 16. The highest BCUT2D eigenvalue weighted by atomic mass is 32.2. The molecule has 524 valence electrons. The van der Waals surface area contributed by atoms with E-state index in [1.165, 1.54) is 86.6 Å². The number of amidine groups is 1. The lowest BCUT2D eigenvalue weighted by molar-refractivity contribution is -0.0424. The summed E-state index contributed by atoms with van der Waals surface area (Å²) >= 11 is 0. The fraction of sp³-hybridized carbons (Fsp3) is 0.438. The average molecular weight is 1420 g/mol. The lowest BCUT2D eigenvalue weighted by Gasteiger charge is -2.54. The summed E-state index contributed by atoms with van der Waals surface area (Å²) in [6.45, 7) is 17.8. The fourth-order valence-electron chi connectivity index (χ4n) is 14.0. The van der Waals surface area contributed by atoms with Gasteiger partial charge in [-0.3, -0.25) is 4.99 Å². The van der Waals surface area contributed by atoms with Crippen LogP contribution in [-0.2, 0) is 60.3 Å². The molecule has 2 saturated carbocycles. The maximum Gasteiger partial charge on any atom is 0.168 e. The normalized spacial score (nSPS) is 29.7. The quantitative estimate of drug-likeness (QED) is 0.0835. The average Bonchev–Trinajstić information content (AvgIpc) is 1.37. The van der Waals surface area contributed by atoms with Gasteiger partial charge in [0.15, 0.2) is 29.5 Å². The molecule has 6 aromatic carbocycles. The van der Waals surface area contributed by atoms with Crippen LogP contribution in [0, 0.1) is 46.7 Å². The Balaban J connectivity index is 0.000000140. The van der Waals surface area contributed by atoms with Crippen molar-refractivity contribution in [3.8, 4) is 17.2 Å². The van der Waals surface area contributed by atoms with Crippen molar-refractivity contribution in [1.29, 1.82) is 0 Å². The Kier molecular flexibility index (Phi) is 18.4. The number of nitrogens with zero attached hydrogens (tertiary/aromatic N) is 1. The van der Waals surface area contributed by atoms with Gasteiger partial charge in [0.05, 0.1) is 67.1 Å². The number of aliphatic imine (C=N–C) groups is 1. The molecule has 9 atom stereocenters. The Morgan fingerprint density at radius 3 is 1.24 bits per heavy atom. The lowest BCUT2D eigenvalue weighted by Crippen LogP contribution is -2.69. The van der Waals surface area contributed by atoms with Gasteiger partial charge in [-0.2, -0.15) is 0 Å². The molecular weight excluding hydrogens is 1340 g/mol. The molecule has 16 nitrogen and oxygen atoms in total. The first kappa shape index (κ1) is 70.4. The van der Waals surface area contributed by atoms with E-state index in [1.807, 2.05) is 0 Å². The number of phenolic OH excluding ortho intramolecular Hbond substituents is 1. The molecule has 0 radical (unpaired) electrons. The molecule has 98 heavy (non-hydrogen) atoms. The van der Waals surface area contributed by atoms with Crippen LogP contribution in [0.3, 0.4) is 0 Å². The predicted molar refractivity (Wildman–Crippen MR) is 358 cm³/mol. The van der Waals surface area contributed by atoms with E-state index < -0.39 is 124 Å². The number of nitrogens with two attached hydrogens (primary N) is 1. The van der Waals surface area contributed by atoms with Gasteiger partial charge in [0.25, 0.3) is 0 Å². The van der Waals surface area contributed by atoms with Gasteiger partial charge >= 0.3 is 0 Å². The second-order valence-electron chi connectivity index (χ2n) is 28.4. The second kappa shape index (κ2) is 25.6. The van der Waals surface area contributed by atoms with E-state index in [2.05, 4.69) is 28.8 Å². The zero-order valence-electron chi connectivity index (χ0n) is 55.1. The number of rotatable bonds is 12. The van der Waals surface area contributed by atoms with E-state index in [1.54, 1.807) is 76.2 Å². The van der Waals surface area contributed by atoms with E-state index in [-0.39, 0.29) is 84.6 Å². The topological polar surface area (TPSA) is 231 Å². The Bertz CT molecular complexity index is 4470. The van der Waals surface area contributed by atoms with E-state index in [9.17, 15) is 47.9 Å². The second-order valence-corrected chi connectivity index (χ2v) is 36.5. The minimum Gasteiger partial charge on any atom is -0.508 e. The van der Waals surface area contributed by atoms with Crippen molar-refractivity contribution in [2.45, 2.75) is 151 Å². The molecule has 25 heteroatoms. The molecule has 0 amide bonds. The standard InChI is InChI=1S/C26H29F2NO4S.C25H28F2N2O4S.C22H23F2NO4S/c1-16-25(2,3)34(30,31)24-13-23(18-6-8-19(27)9-7-18)33-15-26(24,29-16)21-12-20(10-11-22(21)28)32-14-17-4-5-17;1-24(2)23(28)29-25(19-11-18(9-10-20(19)27)32-13-15-3-4-15)14-33-21(12-22(25)34(24,30)31)16-5-7-17(26)8-6-16;1-13-21(2,3)30(27,28)20-11-19(14-4-6-15(23)7-5-14)29-12-22(20,25-13)17-10-16(26)8-9-18(17)24/h6-12,17,23-24,29H,1,4-5,13-15H2,2-3H3;5-11,15,21-22H,3-4,12-14H2,1-2H3,(H2,28,29);4-10,19-20,25-26H,1,11-12H2,2-3H3/t23-,24-,26-;21-,22-,25-;19-,20-,22-/m111/s1. The van der Waals surface area contributed by atoms with Crippen molar-refractivity contribution >= 4 is 35.3 Å². The number of fused-ring (bicyclic) bond motifs is 3. The molecule has 6 heterocycles. The SMILES string of the molecule is C=C1N[C@@]2(c3cc(O)ccc3F)CO[C@@H](c3ccc(F)cc3)C[C@H]2S(=O)(=O)C1(C)C.C=C1N[C@@]2(c3cc(OCC4CC4)ccc3F)CO[C@@H](c3ccc(F)cc3)C[C@H]2S(=O)(=O)C1(C)C.CC1(C)C(N)=N[C@@]2(c3cc(OCC4CC4)ccc3F)CO[C@@H](c3ccc(F)cc3)C[C@H]2S1(=O)=O. The Labute approximate surface area is 567 Å². The maximum absolute atomic E-state index is 15.3. The lowest BCUT2D eigenvalue weighted by atomic mass is 9.80. The number of benzene rings is 6. The smallest absolute Gasteiger partial charge is 0.168 e. The van der Waals surface area contributed by atoms with Crippen molar-refractivity contribution in [3.63, 3.8) is 0 Å². The first-order chi connectivity index (χ1) is 46.1. The highest BCUT2D eigenvalue weighted by Crippen LogP contribution is 2.55. The summed E-state index contributed by atoms with van der Waals surface area (Å²) in [7, 11) is -11.6.